The van der Waals surface area contributed by atoms with Crippen molar-refractivity contribution in [3.63, 3.8) is 0 Å². The van der Waals surface area contributed by atoms with Crippen LogP contribution in [0.4, 0.5) is 0 Å². The van der Waals surface area contributed by atoms with Gasteiger partial charge >= 0.3 is 0 Å². The second kappa shape index (κ2) is 7.38. The minimum absolute atomic E-state index is 0.550. The van der Waals surface area contributed by atoms with Gasteiger partial charge in [0, 0.05) is 13.2 Å². The minimum atomic E-state index is 0.550. The summed E-state index contributed by atoms with van der Waals surface area (Å²) < 4.78 is 6.14. The number of rotatable bonds is 3. The van der Waals surface area contributed by atoms with Crippen molar-refractivity contribution in [3.05, 3.63) is 0 Å². The van der Waals surface area contributed by atoms with Gasteiger partial charge in [0.2, 0.25) is 0 Å². The van der Waals surface area contributed by atoms with Crippen LogP contribution in [0.5, 0.6) is 0 Å². The molecule has 100 valence electrons. The summed E-state index contributed by atoms with van der Waals surface area (Å²) in [5.74, 6) is 1.60. The summed E-state index contributed by atoms with van der Waals surface area (Å²) in [5.41, 5.74) is 0. The summed E-state index contributed by atoms with van der Waals surface area (Å²) in [6.07, 6.45) is 13.2. The minimum Gasteiger partial charge on any atom is -0.378 e. The van der Waals surface area contributed by atoms with Gasteiger partial charge in [0.1, 0.15) is 0 Å². The molecular weight excluding hydrogens is 210 g/mol. The highest BCUT2D eigenvalue weighted by molar-refractivity contribution is 4.83. The molecule has 2 heteroatoms. The van der Waals surface area contributed by atoms with Crippen LogP contribution in [-0.4, -0.2) is 26.3 Å². The van der Waals surface area contributed by atoms with E-state index in [2.05, 4.69) is 12.4 Å². The van der Waals surface area contributed by atoms with E-state index >= 15 is 0 Å². The zero-order valence-corrected chi connectivity index (χ0v) is 11.4. The van der Waals surface area contributed by atoms with Gasteiger partial charge in [-0.1, -0.05) is 32.1 Å². The molecule has 0 bridgehead atoms. The van der Waals surface area contributed by atoms with E-state index in [1.807, 2.05) is 0 Å². The second-order valence-corrected chi connectivity index (χ2v) is 5.90. The van der Waals surface area contributed by atoms with E-state index in [1.54, 1.807) is 0 Å². The molecule has 1 N–H and O–H groups in total. The molecule has 0 amide bonds. The van der Waals surface area contributed by atoms with Crippen LogP contribution >= 0.6 is 0 Å². The molecule has 0 spiro atoms. The van der Waals surface area contributed by atoms with Crippen LogP contribution in [0, 0.1) is 11.8 Å². The van der Waals surface area contributed by atoms with Gasteiger partial charge in [-0.15, -0.1) is 0 Å². The van der Waals surface area contributed by atoms with E-state index in [0.29, 0.717) is 6.10 Å². The Labute approximate surface area is 107 Å². The van der Waals surface area contributed by atoms with Crippen molar-refractivity contribution in [1.29, 1.82) is 0 Å². The highest BCUT2D eigenvalue weighted by Gasteiger charge is 2.32. The zero-order valence-electron chi connectivity index (χ0n) is 11.4. The molecule has 2 fully saturated rings. The lowest BCUT2D eigenvalue weighted by Gasteiger charge is -2.38. The molecule has 1 saturated heterocycles. The summed E-state index contributed by atoms with van der Waals surface area (Å²) in [4.78, 5) is 0. The molecule has 1 aliphatic heterocycles. The fourth-order valence-electron chi connectivity index (χ4n) is 3.68. The molecule has 1 heterocycles. The molecule has 2 rings (SSSR count). The van der Waals surface area contributed by atoms with Gasteiger partial charge in [-0.3, -0.25) is 0 Å². The third-order valence-corrected chi connectivity index (χ3v) is 4.57. The van der Waals surface area contributed by atoms with Gasteiger partial charge in [-0.25, -0.2) is 0 Å². The average Bonchev–Trinajstić information content (AvgIpc) is 2.30. The maximum Gasteiger partial charge on any atom is 0.0643 e. The number of hydrogen-bond donors (Lipinski definition) is 1. The van der Waals surface area contributed by atoms with E-state index < -0.39 is 0 Å². The van der Waals surface area contributed by atoms with Crippen LogP contribution in [0.3, 0.4) is 0 Å². The van der Waals surface area contributed by atoms with Gasteiger partial charge in [0.15, 0.2) is 0 Å². The highest BCUT2D eigenvalue weighted by atomic mass is 16.5. The SMILES string of the molecule is CNCC1CCCOC1C1CCCCCCC1. The van der Waals surface area contributed by atoms with Gasteiger partial charge in [-0.2, -0.15) is 0 Å². The van der Waals surface area contributed by atoms with Crippen molar-refractivity contribution in [2.45, 2.75) is 63.9 Å². The molecule has 0 aromatic heterocycles. The maximum atomic E-state index is 6.14. The predicted octanol–water partition coefficient (Wildman–Crippen LogP) is 3.36. The monoisotopic (exact) mass is 239 g/mol. The van der Waals surface area contributed by atoms with Crippen LogP contribution in [0.15, 0.2) is 0 Å². The first-order valence-electron chi connectivity index (χ1n) is 7.68. The fourth-order valence-corrected chi connectivity index (χ4v) is 3.68. The van der Waals surface area contributed by atoms with Crippen LogP contribution in [0.25, 0.3) is 0 Å². The molecular formula is C15H29NO. The molecule has 2 atom stereocenters. The van der Waals surface area contributed by atoms with Gasteiger partial charge < -0.3 is 10.1 Å². The Morgan fingerprint density at radius 2 is 1.65 bits per heavy atom. The lowest BCUT2D eigenvalue weighted by Crippen LogP contribution is -2.40. The summed E-state index contributed by atoms with van der Waals surface area (Å²) in [6, 6.07) is 0. The van der Waals surface area contributed by atoms with Crippen molar-refractivity contribution >= 4 is 0 Å². The third-order valence-electron chi connectivity index (χ3n) is 4.57. The summed E-state index contributed by atoms with van der Waals surface area (Å²) in [5, 5.41) is 3.35. The molecule has 17 heavy (non-hydrogen) atoms. The van der Waals surface area contributed by atoms with E-state index in [-0.39, 0.29) is 0 Å². The molecule has 0 aromatic rings. The first kappa shape index (κ1) is 13.4. The topological polar surface area (TPSA) is 21.3 Å². The Balaban J connectivity index is 1.90. The number of hydrogen-bond acceptors (Lipinski definition) is 2. The van der Waals surface area contributed by atoms with Crippen molar-refractivity contribution in [2.75, 3.05) is 20.2 Å². The maximum absolute atomic E-state index is 6.14. The van der Waals surface area contributed by atoms with E-state index in [0.717, 1.165) is 25.0 Å². The van der Waals surface area contributed by atoms with Crippen LogP contribution < -0.4 is 5.32 Å². The van der Waals surface area contributed by atoms with Crippen LogP contribution in [0.1, 0.15) is 57.8 Å². The Morgan fingerprint density at radius 1 is 0.941 bits per heavy atom. The molecule has 0 radical (unpaired) electrons. The van der Waals surface area contributed by atoms with Gasteiger partial charge in [0.25, 0.3) is 0 Å². The number of nitrogens with one attached hydrogen (secondary N) is 1. The largest absolute Gasteiger partial charge is 0.378 e. The Morgan fingerprint density at radius 3 is 2.35 bits per heavy atom. The van der Waals surface area contributed by atoms with Crippen LogP contribution in [-0.2, 0) is 4.74 Å². The lowest BCUT2D eigenvalue weighted by molar-refractivity contribution is -0.0650. The smallest absolute Gasteiger partial charge is 0.0643 e. The Kier molecular flexibility index (Phi) is 5.79. The van der Waals surface area contributed by atoms with Crippen molar-refractivity contribution in [1.82, 2.24) is 5.32 Å². The zero-order chi connectivity index (χ0) is 11.9. The first-order valence-corrected chi connectivity index (χ1v) is 7.68. The van der Waals surface area contributed by atoms with Crippen LogP contribution in [0.2, 0.25) is 0 Å². The summed E-state index contributed by atoms with van der Waals surface area (Å²) in [6.45, 7) is 2.14. The Hall–Kier alpha value is -0.0800. The van der Waals surface area contributed by atoms with Crippen molar-refractivity contribution in [2.24, 2.45) is 11.8 Å². The normalized spacial score (nSPS) is 33.0. The molecule has 2 aliphatic rings. The van der Waals surface area contributed by atoms with Gasteiger partial charge in [-0.05, 0) is 44.6 Å². The lowest BCUT2D eigenvalue weighted by atomic mass is 9.79. The molecule has 2 unspecified atom stereocenters. The molecule has 2 nitrogen and oxygen atoms in total. The standard InChI is InChI=1S/C15H29NO/c1-16-12-14-10-7-11-17-15(14)13-8-5-3-2-4-6-9-13/h13-16H,2-12H2,1H3. The quantitative estimate of drug-likeness (QED) is 0.815. The summed E-state index contributed by atoms with van der Waals surface area (Å²) >= 11 is 0. The Bertz CT molecular complexity index is 197. The third kappa shape index (κ3) is 3.96. The van der Waals surface area contributed by atoms with Crippen molar-refractivity contribution < 1.29 is 4.74 Å². The fraction of sp³-hybridized carbons (Fsp3) is 1.00. The van der Waals surface area contributed by atoms with E-state index in [1.165, 1.54) is 57.8 Å². The second-order valence-electron chi connectivity index (χ2n) is 5.90. The van der Waals surface area contributed by atoms with E-state index in [9.17, 15) is 0 Å². The molecule has 0 aromatic carbocycles. The molecule has 1 aliphatic carbocycles. The van der Waals surface area contributed by atoms with E-state index in [4.69, 9.17) is 4.74 Å². The molecule has 1 saturated carbocycles. The number of ether oxygens (including phenoxy) is 1. The summed E-state index contributed by atoms with van der Waals surface area (Å²) in [7, 11) is 2.07. The average molecular weight is 239 g/mol. The first-order chi connectivity index (χ1) is 8.42. The van der Waals surface area contributed by atoms with Crippen molar-refractivity contribution in [3.8, 4) is 0 Å². The van der Waals surface area contributed by atoms with Gasteiger partial charge in [0.05, 0.1) is 6.10 Å². The predicted molar refractivity (Wildman–Crippen MR) is 72.2 cm³/mol. The highest BCUT2D eigenvalue weighted by Crippen LogP contribution is 2.33.